The molecule has 1 saturated heterocycles. The molecule has 186 valence electrons. The van der Waals surface area contributed by atoms with Crippen molar-refractivity contribution in [3.8, 4) is 0 Å². The monoisotopic (exact) mass is 486 g/mol. The lowest BCUT2D eigenvalue weighted by Crippen LogP contribution is -2.35. The van der Waals surface area contributed by atoms with Gasteiger partial charge in [-0.15, -0.1) is 0 Å². The van der Waals surface area contributed by atoms with E-state index in [1.165, 1.54) is 11.6 Å². The van der Waals surface area contributed by atoms with Gasteiger partial charge in [-0.25, -0.2) is 0 Å². The first-order valence-corrected chi connectivity index (χ1v) is 12.1. The highest BCUT2D eigenvalue weighted by molar-refractivity contribution is 5.94. The summed E-state index contributed by atoms with van der Waals surface area (Å²) >= 11 is 0. The molecule has 0 spiro atoms. The molecule has 2 amide bonds. The Bertz CT molecular complexity index is 1210. The van der Waals surface area contributed by atoms with Gasteiger partial charge in [0, 0.05) is 24.7 Å². The molecule has 0 aromatic heterocycles. The molecule has 8 nitrogen and oxygen atoms in total. The van der Waals surface area contributed by atoms with Crippen LogP contribution < -0.4 is 16.0 Å². The molecule has 4 rings (SSSR count). The van der Waals surface area contributed by atoms with E-state index in [0.29, 0.717) is 22.7 Å². The number of hydrogen-bond donors (Lipinski definition) is 2. The Morgan fingerprint density at radius 3 is 2.25 bits per heavy atom. The second kappa shape index (κ2) is 11.5. The van der Waals surface area contributed by atoms with Crippen LogP contribution in [0.4, 0.5) is 11.4 Å². The predicted molar refractivity (Wildman–Crippen MR) is 139 cm³/mol. The number of nitrogens with one attached hydrogen (secondary N) is 1. The number of rotatable bonds is 9. The quantitative estimate of drug-likeness (QED) is 0.343. The fourth-order valence-electron chi connectivity index (χ4n) is 4.78. The number of hydrogen-bond acceptors (Lipinski definition) is 5. The maximum Gasteiger partial charge on any atom is 0.292 e. The zero-order valence-electron chi connectivity index (χ0n) is 20.0. The van der Waals surface area contributed by atoms with E-state index in [9.17, 15) is 19.7 Å². The Morgan fingerprint density at radius 2 is 1.64 bits per heavy atom. The van der Waals surface area contributed by atoms with E-state index in [1.54, 1.807) is 42.5 Å². The van der Waals surface area contributed by atoms with E-state index < -0.39 is 16.9 Å². The zero-order chi connectivity index (χ0) is 25.5. The van der Waals surface area contributed by atoms with Crippen molar-refractivity contribution in [2.75, 3.05) is 18.0 Å². The van der Waals surface area contributed by atoms with Crippen molar-refractivity contribution < 1.29 is 14.5 Å². The van der Waals surface area contributed by atoms with Gasteiger partial charge in [0.15, 0.2) is 0 Å². The molecule has 3 N–H and O–H groups in total. The number of nitro groups is 1. The minimum Gasteiger partial charge on any atom is -0.370 e. The number of benzene rings is 3. The topological polar surface area (TPSA) is 119 Å². The highest BCUT2D eigenvalue weighted by Crippen LogP contribution is 2.35. The molecule has 8 heteroatoms. The first kappa shape index (κ1) is 24.9. The molecule has 3 aromatic carbocycles. The third-order valence-corrected chi connectivity index (χ3v) is 6.67. The van der Waals surface area contributed by atoms with Crippen molar-refractivity contribution in [2.45, 2.75) is 31.7 Å². The van der Waals surface area contributed by atoms with Crippen LogP contribution in [0.3, 0.4) is 0 Å². The van der Waals surface area contributed by atoms with Crippen LogP contribution in [-0.4, -0.2) is 29.8 Å². The standard InChI is InChI=1S/C28H30N4O4/c29-27(33)19-24(30-28(34)22-9-5-2-6-10-22)23-11-12-25(26(18-23)32(35)36)31-15-13-21(14-16-31)17-20-7-3-1-4-8-20/h1-12,18,21,24H,13-17,19H2,(H2,29,33)(H,30,34). The third kappa shape index (κ3) is 6.27. The Kier molecular flexibility index (Phi) is 7.95. The summed E-state index contributed by atoms with van der Waals surface area (Å²) in [4.78, 5) is 38.1. The number of primary amides is 1. The molecule has 3 aromatic rings. The Balaban J connectivity index is 1.50. The second-order valence-corrected chi connectivity index (χ2v) is 9.19. The van der Waals surface area contributed by atoms with Crippen LogP contribution >= 0.6 is 0 Å². The Labute approximate surface area is 210 Å². The van der Waals surface area contributed by atoms with Crippen molar-refractivity contribution >= 4 is 23.2 Å². The Morgan fingerprint density at radius 1 is 1.00 bits per heavy atom. The number of nitrogens with two attached hydrogens (primary N) is 1. The molecule has 1 atom stereocenters. The molecular formula is C28H30N4O4. The average molecular weight is 487 g/mol. The lowest BCUT2D eigenvalue weighted by atomic mass is 9.90. The number of carbonyl (C=O) groups is 2. The lowest BCUT2D eigenvalue weighted by Gasteiger charge is -2.33. The van der Waals surface area contributed by atoms with Gasteiger partial charge in [-0.2, -0.15) is 0 Å². The summed E-state index contributed by atoms with van der Waals surface area (Å²) in [6.07, 6.45) is 2.74. The van der Waals surface area contributed by atoms with E-state index >= 15 is 0 Å². The van der Waals surface area contributed by atoms with Gasteiger partial charge in [-0.1, -0.05) is 54.6 Å². The number of piperidine rings is 1. The molecule has 0 radical (unpaired) electrons. The van der Waals surface area contributed by atoms with Crippen molar-refractivity contribution in [3.63, 3.8) is 0 Å². The summed E-state index contributed by atoms with van der Waals surface area (Å²) in [6.45, 7) is 1.46. The van der Waals surface area contributed by atoms with Gasteiger partial charge >= 0.3 is 0 Å². The predicted octanol–water partition coefficient (Wildman–Crippen LogP) is 4.40. The lowest BCUT2D eigenvalue weighted by molar-refractivity contribution is -0.384. The number of anilines is 1. The molecule has 1 heterocycles. The number of nitrogens with zero attached hydrogens (tertiary/aromatic N) is 2. The number of amides is 2. The largest absolute Gasteiger partial charge is 0.370 e. The molecule has 1 aliphatic heterocycles. The summed E-state index contributed by atoms with van der Waals surface area (Å²) in [6, 6.07) is 23.1. The summed E-state index contributed by atoms with van der Waals surface area (Å²) in [5.74, 6) is -0.454. The smallest absolute Gasteiger partial charge is 0.292 e. The molecule has 1 unspecified atom stereocenters. The van der Waals surface area contributed by atoms with E-state index in [4.69, 9.17) is 5.73 Å². The molecule has 0 bridgehead atoms. The van der Waals surface area contributed by atoms with Gasteiger partial charge in [-0.05, 0) is 54.5 Å². The van der Waals surface area contributed by atoms with Gasteiger partial charge in [0.1, 0.15) is 5.69 Å². The summed E-state index contributed by atoms with van der Waals surface area (Å²) in [5.41, 5.74) is 8.13. The van der Waals surface area contributed by atoms with E-state index in [1.807, 2.05) is 18.2 Å². The Hall–Kier alpha value is -4.20. The maximum absolute atomic E-state index is 12.7. The molecule has 1 aliphatic rings. The molecular weight excluding hydrogens is 456 g/mol. The van der Waals surface area contributed by atoms with Gasteiger partial charge in [0.25, 0.3) is 11.6 Å². The fraction of sp³-hybridized carbons (Fsp3) is 0.286. The highest BCUT2D eigenvalue weighted by Gasteiger charge is 2.27. The SMILES string of the molecule is NC(=O)CC(NC(=O)c1ccccc1)c1ccc(N2CCC(Cc3ccccc3)CC2)c([N+](=O)[O-])c1. The first-order chi connectivity index (χ1) is 17.4. The van der Waals surface area contributed by atoms with Crippen molar-refractivity contribution in [2.24, 2.45) is 11.7 Å². The third-order valence-electron chi connectivity index (χ3n) is 6.67. The van der Waals surface area contributed by atoms with Gasteiger partial charge < -0.3 is 16.0 Å². The highest BCUT2D eigenvalue weighted by atomic mass is 16.6. The maximum atomic E-state index is 12.7. The van der Waals surface area contributed by atoms with E-state index in [2.05, 4.69) is 22.3 Å². The van der Waals surface area contributed by atoms with Crippen LogP contribution in [0.2, 0.25) is 0 Å². The first-order valence-electron chi connectivity index (χ1n) is 12.1. The van der Waals surface area contributed by atoms with Crippen molar-refractivity contribution in [1.29, 1.82) is 0 Å². The summed E-state index contributed by atoms with van der Waals surface area (Å²) < 4.78 is 0. The molecule has 0 aliphatic carbocycles. The average Bonchev–Trinajstić information content (AvgIpc) is 2.89. The fourth-order valence-corrected chi connectivity index (χ4v) is 4.78. The molecule has 36 heavy (non-hydrogen) atoms. The minimum atomic E-state index is -0.778. The normalized spacial score (nSPS) is 14.7. The van der Waals surface area contributed by atoms with E-state index in [0.717, 1.165) is 32.4 Å². The van der Waals surface area contributed by atoms with Crippen LogP contribution in [0.5, 0.6) is 0 Å². The molecule has 0 saturated carbocycles. The number of nitro benzene ring substituents is 1. The summed E-state index contributed by atoms with van der Waals surface area (Å²) in [7, 11) is 0. The second-order valence-electron chi connectivity index (χ2n) is 9.19. The minimum absolute atomic E-state index is 0.0440. The number of carbonyl (C=O) groups excluding carboxylic acids is 2. The van der Waals surface area contributed by atoms with Crippen LogP contribution in [-0.2, 0) is 11.2 Å². The van der Waals surface area contributed by atoms with Crippen molar-refractivity contribution in [1.82, 2.24) is 5.32 Å². The molecule has 1 fully saturated rings. The van der Waals surface area contributed by atoms with E-state index in [-0.39, 0.29) is 18.0 Å². The van der Waals surface area contributed by atoms with Crippen LogP contribution in [0.25, 0.3) is 0 Å². The van der Waals surface area contributed by atoms with Gasteiger partial charge in [-0.3, -0.25) is 19.7 Å². The van der Waals surface area contributed by atoms with Crippen LogP contribution in [0.15, 0.2) is 78.9 Å². The van der Waals surface area contributed by atoms with Crippen LogP contribution in [0, 0.1) is 16.0 Å². The van der Waals surface area contributed by atoms with Gasteiger partial charge in [0.05, 0.1) is 17.4 Å². The summed E-state index contributed by atoms with van der Waals surface area (Å²) in [5, 5.41) is 14.8. The van der Waals surface area contributed by atoms with Crippen LogP contribution in [0.1, 0.15) is 46.8 Å². The zero-order valence-corrected chi connectivity index (χ0v) is 20.0. The van der Waals surface area contributed by atoms with Crippen molar-refractivity contribution in [3.05, 3.63) is 106 Å². The van der Waals surface area contributed by atoms with Gasteiger partial charge in [0.2, 0.25) is 5.91 Å².